The van der Waals surface area contributed by atoms with E-state index in [1.165, 1.54) is 9.80 Å². The van der Waals surface area contributed by atoms with Crippen molar-refractivity contribution in [1.29, 1.82) is 0 Å². The second kappa shape index (κ2) is 3.64. The van der Waals surface area contributed by atoms with Gasteiger partial charge in [0.2, 0.25) is 0 Å². The van der Waals surface area contributed by atoms with Crippen molar-refractivity contribution in [3.63, 3.8) is 0 Å². The van der Waals surface area contributed by atoms with Crippen molar-refractivity contribution < 1.29 is 14.7 Å². The van der Waals surface area contributed by atoms with Gasteiger partial charge < -0.3 is 14.9 Å². The van der Waals surface area contributed by atoms with Crippen LogP contribution in [0.1, 0.15) is 12.8 Å². The van der Waals surface area contributed by atoms with Crippen LogP contribution in [0.25, 0.3) is 0 Å². The lowest BCUT2D eigenvalue weighted by Gasteiger charge is -2.24. The first-order valence-corrected chi connectivity index (χ1v) is 4.24. The summed E-state index contributed by atoms with van der Waals surface area (Å²) in [6.07, 6.45) is 1.34. The quantitative estimate of drug-likeness (QED) is 0.637. The fraction of sp³-hybridized carbons (Fsp3) is 0.750. The molecule has 13 heavy (non-hydrogen) atoms. The Morgan fingerprint density at radius 2 is 2.08 bits per heavy atom. The summed E-state index contributed by atoms with van der Waals surface area (Å²) in [7, 11) is 3.25. The molecule has 1 saturated heterocycles. The van der Waals surface area contributed by atoms with E-state index in [9.17, 15) is 9.59 Å². The lowest BCUT2D eigenvalue weighted by molar-refractivity contribution is -0.141. The van der Waals surface area contributed by atoms with Crippen LogP contribution in [0.4, 0.5) is 4.79 Å². The molecule has 2 amide bonds. The average Bonchev–Trinajstić information content (AvgIpc) is 2.50. The molecule has 74 valence electrons. The van der Waals surface area contributed by atoms with E-state index in [2.05, 4.69) is 0 Å². The molecule has 0 bridgehead atoms. The number of hydrogen-bond acceptors (Lipinski definition) is 2. The van der Waals surface area contributed by atoms with Gasteiger partial charge in [0.05, 0.1) is 0 Å². The number of hydrogen-bond donors (Lipinski definition) is 1. The number of carbonyl (C=O) groups is 2. The molecule has 0 aliphatic carbocycles. The average molecular weight is 186 g/mol. The number of urea groups is 1. The van der Waals surface area contributed by atoms with E-state index in [1.54, 1.807) is 14.1 Å². The van der Waals surface area contributed by atoms with Gasteiger partial charge in [-0.05, 0) is 12.8 Å². The first-order chi connectivity index (χ1) is 6.04. The highest BCUT2D eigenvalue weighted by atomic mass is 16.4. The van der Waals surface area contributed by atoms with E-state index < -0.39 is 12.0 Å². The van der Waals surface area contributed by atoms with E-state index in [-0.39, 0.29) is 6.03 Å². The van der Waals surface area contributed by atoms with Crippen molar-refractivity contribution in [2.45, 2.75) is 18.9 Å². The van der Waals surface area contributed by atoms with Crippen molar-refractivity contribution >= 4 is 12.0 Å². The molecule has 0 radical (unpaired) electrons. The van der Waals surface area contributed by atoms with Crippen LogP contribution in [-0.2, 0) is 4.79 Å². The maximum Gasteiger partial charge on any atom is 0.326 e. The Hall–Kier alpha value is -1.26. The third-order valence-corrected chi connectivity index (χ3v) is 2.17. The van der Waals surface area contributed by atoms with Gasteiger partial charge in [0, 0.05) is 20.6 Å². The van der Waals surface area contributed by atoms with Crippen molar-refractivity contribution in [3.8, 4) is 0 Å². The number of nitrogens with zero attached hydrogens (tertiary/aromatic N) is 2. The van der Waals surface area contributed by atoms with Gasteiger partial charge in [-0.2, -0.15) is 0 Å². The minimum absolute atomic E-state index is 0.218. The highest BCUT2D eigenvalue weighted by molar-refractivity contribution is 5.83. The van der Waals surface area contributed by atoms with Crippen LogP contribution in [0.2, 0.25) is 0 Å². The Labute approximate surface area is 76.9 Å². The van der Waals surface area contributed by atoms with Crippen molar-refractivity contribution in [2.24, 2.45) is 0 Å². The molecule has 0 aromatic rings. The third-order valence-electron chi connectivity index (χ3n) is 2.17. The van der Waals surface area contributed by atoms with Crippen LogP contribution in [0, 0.1) is 0 Å². The second-order valence-electron chi connectivity index (χ2n) is 3.37. The summed E-state index contributed by atoms with van der Waals surface area (Å²) >= 11 is 0. The van der Waals surface area contributed by atoms with Gasteiger partial charge in [-0.15, -0.1) is 0 Å². The monoisotopic (exact) mass is 186 g/mol. The molecule has 5 heteroatoms. The van der Waals surface area contributed by atoms with Gasteiger partial charge in [-0.25, -0.2) is 9.59 Å². The first-order valence-electron chi connectivity index (χ1n) is 4.24. The van der Waals surface area contributed by atoms with Gasteiger partial charge in [0.1, 0.15) is 6.04 Å². The molecule has 0 aromatic carbocycles. The minimum Gasteiger partial charge on any atom is -0.480 e. The lowest BCUT2D eigenvalue weighted by Crippen LogP contribution is -2.45. The maximum absolute atomic E-state index is 11.4. The molecule has 1 heterocycles. The lowest BCUT2D eigenvalue weighted by atomic mass is 10.2. The van der Waals surface area contributed by atoms with Crippen LogP contribution in [0.5, 0.6) is 0 Å². The molecule has 0 saturated carbocycles. The number of carbonyl (C=O) groups excluding carboxylic acids is 1. The highest BCUT2D eigenvalue weighted by Gasteiger charge is 2.34. The first kappa shape index (κ1) is 9.83. The largest absolute Gasteiger partial charge is 0.480 e. The van der Waals surface area contributed by atoms with Crippen LogP contribution in [-0.4, -0.2) is 53.6 Å². The topological polar surface area (TPSA) is 60.9 Å². The Bertz CT molecular complexity index is 227. The minimum atomic E-state index is -0.910. The molecule has 1 aliphatic heterocycles. The number of aliphatic carboxylic acids is 1. The van der Waals surface area contributed by atoms with Crippen LogP contribution < -0.4 is 0 Å². The Morgan fingerprint density at radius 1 is 1.46 bits per heavy atom. The molecular formula is C8H14N2O3. The van der Waals surface area contributed by atoms with Gasteiger partial charge in [-0.3, -0.25) is 0 Å². The fourth-order valence-electron chi connectivity index (χ4n) is 1.51. The maximum atomic E-state index is 11.4. The van der Waals surface area contributed by atoms with E-state index in [1.807, 2.05) is 0 Å². The van der Waals surface area contributed by atoms with E-state index in [4.69, 9.17) is 5.11 Å². The number of likely N-dealkylation sites (tertiary alicyclic amines) is 1. The summed E-state index contributed by atoms with van der Waals surface area (Å²) < 4.78 is 0. The Balaban J connectivity index is 2.68. The van der Waals surface area contributed by atoms with Crippen molar-refractivity contribution in [1.82, 2.24) is 9.80 Å². The molecule has 5 nitrogen and oxygen atoms in total. The zero-order valence-electron chi connectivity index (χ0n) is 7.86. The number of rotatable bonds is 1. The van der Waals surface area contributed by atoms with Gasteiger partial charge in [0.25, 0.3) is 0 Å². The Kier molecular flexibility index (Phi) is 2.75. The number of carboxylic acids is 1. The standard InChI is InChI=1S/C8H14N2O3/c1-9(2)8(13)10-5-3-4-6(10)7(11)12/h6H,3-5H2,1-2H3,(H,11,12)/t6-/m0/s1. The summed E-state index contributed by atoms with van der Waals surface area (Å²) in [4.78, 5) is 25.0. The molecule has 1 atom stereocenters. The summed E-state index contributed by atoms with van der Waals surface area (Å²) in [5.41, 5.74) is 0. The normalized spacial score (nSPS) is 21.7. The summed E-state index contributed by atoms with van der Waals surface area (Å²) in [5.74, 6) is -0.910. The summed E-state index contributed by atoms with van der Waals surface area (Å²) in [6.45, 7) is 0.550. The van der Waals surface area contributed by atoms with Gasteiger partial charge >= 0.3 is 12.0 Å². The van der Waals surface area contributed by atoms with Gasteiger partial charge in [-0.1, -0.05) is 0 Å². The number of amides is 2. The third kappa shape index (κ3) is 1.91. The zero-order valence-corrected chi connectivity index (χ0v) is 7.86. The van der Waals surface area contributed by atoms with Crippen LogP contribution in [0.15, 0.2) is 0 Å². The van der Waals surface area contributed by atoms with Crippen LogP contribution in [0.3, 0.4) is 0 Å². The number of carboxylic acid groups (broad SMARTS) is 1. The molecule has 1 N–H and O–H groups in total. The van der Waals surface area contributed by atoms with E-state index in [0.717, 1.165) is 6.42 Å². The summed E-state index contributed by atoms with van der Waals surface area (Å²) in [6, 6.07) is -0.847. The molecular weight excluding hydrogens is 172 g/mol. The Morgan fingerprint density at radius 3 is 2.54 bits per heavy atom. The van der Waals surface area contributed by atoms with Crippen LogP contribution >= 0.6 is 0 Å². The highest BCUT2D eigenvalue weighted by Crippen LogP contribution is 2.18. The molecule has 0 spiro atoms. The molecule has 0 aromatic heterocycles. The van der Waals surface area contributed by atoms with E-state index >= 15 is 0 Å². The fourth-order valence-corrected chi connectivity index (χ4v) is 1.51. The predicted molar refractivity (Wildman–Crippen MR) is 46.4 cm³/mol. The SMILES string of the molecule is CN(C)C(=O)N1CCC[C@H]1C(=O)O. The van der Waals surface area contributed by atoms with E-state index in [0.29, 0.717) is 13.0 Å². The predicted octanol–water partition coefficient (Wildman–Crippen LogP) is 0.217. The van der Waals surface area contributed by atoms with Gasteiger partial charge in [0.15, 0.2) is 0 Å². The molecule has 1 aliphatic rings. The summed E-state index contributed by atoms with van der Waals surface area (Å²) in [5, 5.41) is 8.80. The molecule has 0 unspecified atom stereocenters. The second-order valence-corrected chi connectivity index (χ2v) is 3.37. The van der Waals surface area contributed by atoms with Crippen molar-refractivity contribution in [2.75, 3.05) is 20.6 Å². The smallest absolute Gasteiger partial charge is 0.326 e. The molecule has 1 rings (SSSR count). The van der Waals surface area contributed by atoms with Crippen molar-refractivity contribution in [3.05, 3.63) is 0 Å². The molecule has 1 fully saturated rings. The zero-order chi connectivity index (χ0) is 10.0.